The third-order valence-corrected chi connectivity index (χ3v) is 3.85. The molecule has 1 N–H and O–H groups in total. The molecule has 1 aromatic heterocycles. The van der Waals surface area contributed by atoms with Crippen molar-refractivity contribution in [3.05, 3.63) is 24.0 Å². The Kier molecular flexibility index (Phi) is 6.27. The van der Waals surface area contributed by atoms with E-state index in [2.05, 4.69) is 17.2 Å². The molecule has 0 bridgehead atoms. The minimum atomic E-state index is 0.238. The molecular formula is C16H26N2O2. The quantitative estimate of drug-likeness (QED) is 0.832. The number of methoxy groups -OCH3 is 1. The summed E-state index contributed by atoms with van der Waals surface area (Å²) < 4.78 is 11.3. The molecule has 112 valence electrons. The van der Waals surface area contributed by atoms with Gasteiger partial charge >= 0.3 is 0 Å². The van der Waals surface area contributed by atoms with Crippen LogP contribution in [0.1, 0.15) is 50.8 Å². The van der Waals surface area contributed by atoms with Crippen molar-refractivity contribution in [1.82, 2.24) is 10.3 Å². The lowest BCUT2D eigenvalue weighted by atomic mass is 9.99. The SMILES string of the molecule is CCNC(CCC1CCCCO1)c1ncccc1OC. The van der Waals surface area contributed by atoms with Crippen molar-refractivity contribution in [1.29, 1.82) is 0 Å². The molecule has 0 saturated carbocycles. The molecule has 20 heavy (non-hydrogen) atoms. The fourth-order valence-electron chi connectivity index (χ4n) is 2.81. The van der Waals surface area contributed by atoms with E-state index in [1.165, 1.54) is 19.3 Å². The maximum Gasteiger partial charge on any atom is 0.141 e. The molecule has 0 spiro atoms. The molecule has 1 saturated heterocycles. The largest absolute Gasteiger partial charge is 0.495 e. The Balaban J connectivity index is 1.98. The summed E-state index contributed by atoms with van der Waals surface area (Å²) in [7, 11) is 1.70. The minimum Gasteiger partial charge on any atom is -0.495 e. The number of rotatable bonds is 7. The maximum atomic E-state index is 5.82. The van der Waals surface area contributed by atoms with Gasteiger partial charge in [0.05, 0.1) is 24.9 Å². The molecule has 0 radical (unpaired) electrons. The van der Waals surface area contributed by atoms with Crippen molar-refractivity contribution < 1.29 is 9.47 Å². The van der Waals surface area contributed by atoms with Crippen LogP contribution in [0, 0.1) is 0 Å². The lowest BCUT2D eigenvalue weighted by molar-refractivity contribution is 0.00846. The molecule has 0 amide bonds. The Labute approximate surface area is 121 Å². The monoisotopic (exact) mass is 278 g/mol. The van der Waals surface area contributed by atoms with Crippen molar-refractivity contribution in [3.8, 4) is 5.75 Å². The molecule has 2 unspecified atom stereocenters. The van der Waals surface area contributed by atoms with Crippen LogP contribution >= 0.6 is 0 Å². The van der Waals surface area contributed by atoms with E-state index in [1.54, 1.807) is 7.11 Å². The van der Waals surface area contributed by atoms with Crippen molar-refractivity contribution >= 4 is 0 Å². The molecule has 0 aromatic carbocycles. The zero-order valence-corrected chi connectivity index (χ0v) is 12.6. The van der Waals surface area contributed by atoms with Gasteiger partial charge in [0.25, 0.3) is 0 Å². The summed E-state index contributed by atoms with van der Waals surface area (Å²) in [4.78, 5) is 4.50. The van der Waals surface area contributed by atoms with Gasteiger partial charge in [-0.1, -0.05) is 6.92 Å². The summed E-state index contributed by atoms with van der Waals surface area (Å²) in [5.41, 5.74) is 1.01. The number of hydrogen-bond acceptors (Lipinski definition) is 4. The van der Waals surface area contributed by atoms with Crippen molar-refractivity contribution in [2.24, 2.45) is 0 Å². The highest BCUT2D eigenvalue weighted by Crippen LogP contribution is 2.28. The second-order valence-corrected chi connectivity index (χ2v) is 5.27. The van der Waals surface area contributed by atoms with Crippen LogP contribution in [0.25, 0.3) is 0 Å². The van der Waals surface area contributed by atoms with Gasteiger partial charge in [-0.15, -0.1) is 0 Å². The Morgan fingerprint density at radius 1 is 1.50 bits per heavy atom. The normalized spacial score (nSPS) is 20.6. The summed E-state index contributed by atoms with van der Waals surface area (Å²) in [6.45, 7) is 3.97. The lowest BCUT2D eigenvalue weighted by Crippen LogP contribution is -2.26. The van der Waals surface area contributed by atoms with E-state index in [4.69, 9.17) is 9.47 Å². The smallest absolute Gasteiger partial charge is 0.141 e. The van der Waals surface area contributed by atoms with Gasteiger partial charge in [-0.05, 0) is 50.8 Å². The standard InChI is InChI=1S/C16H26N2O2/c1-3-17-14(10-9-13-7-4-5-12-20-13)16-15(19-2)8-6-11-18-16/h6,8,11,13-14,17H,3-5,7,9-10,12H2,1-2H3. The number of nitrogens with one attached hydrogen (secondary N) is 1. The topological polar surface area (TPSA) is 43.4 Å². The van der Waals surface area contributed by atoms with Crippen LogP contribution in [0.5, 0.6) is 5.75 Å². The zero-order chi connectivity index (χ0) is 14.2. The number of aromatic nitrogens is 1. The Morgan fingerprint density at radius 2 is 2.40 bits per heavy atom. The van der Waals surface area contributed by atoms with E-state index in [0.717, 1.165) is 37.4 Å². The van der Waals surface area contributed by atoms with Crippen molar-refractivity contribution in [3.63, 3.8) is 0 Å². The lowest BCUT2D eigenvalue weighted by Gasteiger charge is -2.25. The van der Waals surface area contributed by atoms with Gasteiger partial charge < -0.3 is 14.8 Å². The number of pyridine rings is 1. The first kappa shape index (κ1) is 15.3. The predicted octanol–water partition coefficient (Wildman–Crippen LogP) is 3.09. The third-order valence-electron chi connectivity index (χ3n) is 3.85. The Bertz CT molecular complexity index is 392. The predicted molar refractivity (Wildman–Crippen MR) is 80.0 cm³/mol. The maximum absolute atomic E-state index is 5.82. The highest BCUT2D eigenvalue weighted by atomic mass is 16.5. The molecular weight excluding hydrogens is 252 g/mol. The van der Waals surface area contributed by atoms with Crippen LogP contribution in [0.2, 0.25) is 0 Å². The summed E-state index contributed by atoms with van der Waals surface area (Å²) in [5, 5.41) is 3.52. The molecule has 4 nitrogen and oxygen atoms in total. The Hall–Kier alpha value is -1.13. The molecule has 0 aliphatic carbocycles. The van der Waals surface area contributed by atoms with Crippen LogP contribution < -0.4 is 10.1 Å². The second-order valence-electron chi connectivity index (χ2n) is 5.27. The van der Waals surface area contributed by atoms with Gasteiger partial charge in [0.2, 0.25) is 0 Å². The third kappa shape index (κ3) is 4.18. The average Bonchev–Trinajstić information content (AvgIpc) is 2.52. The van der Waals surface area contributed by atoms with Gasteiger partial charge in [-0.3, -0.25) is 4.98 Å². The molecule has 2 atom stereocenters. The summed E-state index contributed by atoms with van der Waals surface area (Å²) >= 11 is 0. The first-order chi connectivity index (χ1) is 9.85. The van der Waals surface area contributed by atoms with Crippen LogP contribution in [-0.4, -0.2) is 31.3 Å². The zero-order valence-electron chi connectivity index (χ0n) is 12.6. The highest BCUT2D eigenvalue weighted by Gasteiger charge is 2.20. The van der Waals surface area contributed by atoms with E-state index >= 15 is 0 Å². The fourth-order valence-corrected chi connectivity index (χ4v) is 2.81. The molecule has 1 aliphatic rings. The first-order valence-corrected chi connectivity index (χ1v) is 7.69. The van der Waals surface area contributed by atoms with Gasteiger partial charge in [0, 0.05) is 12.8 Å². The summed E-state index contributed by atoms with van der Waals surface area (Å²) in [5.74, 6) is 0.864. The average molecular weight is 278 g/mol. The van der Waals surface area contributed by atoms with Crippen molar-refractivity contribution in [2.75, 3.05) is 20.3 Å². The first-order valence-electron chi connectivity index (χ1n) is 7.69. The van der Waals surface area contributed by atoms with Crippen LogP contribution in [0.3, 0.4) is 0 Å². The molecule has 1 fully saturated rings. The van der Waals surface area contributed by atoms with Gasteiger partial charge in [0.1, 0.15) is 5.75 Å². The van der Waals surface area contributed by atoms with E-state index in [9.17, 15) is 0 Å². The van der Waals surface area contributed by atoms with Crippen molar-refractivity contribution in [2.45, 2.75) is 51.2 Å². The second kappa shape index (κ2) is 8.22. The summed E-state index contributed by atoms with van der Waals surface area (Å²) in [6, 6.07) is 4.13. The van der Waals surface area contributed by atoms with E-state index < -0.39 is 0 Å². The number of hydrogen-bond donors (Lipinski definition) is 1. The Morgan fingerprint density at radius 3 is 3.10 bits per heavy atom. The van der Waals surface area contributed by atoms with Crippen LogP contribution in [0.15, 0.2) is 18.3 Å². The molecule has 4 heteroatoms. The minimum absolute atomic E-state index is 0.238. The van der Waals surface area contributed by atoms with Gasteiger partial charge in [-0.25, -0.2) is 0 Å². The van der Waals surface area contributed by atoms with E-state index in [-0.39, 0.29) is 6.04 Å². The van der Waals surface area contributed by atoms with E-state index in [1.807, 2.05) is 18.3 Å². The van der Waals surface area contributed by atoms with Crippen LogP contribution in [-0.2, 0) is 4.74 Å². The molecule has 2 rings (SSSR count). The summed E-state index contributed by atoms with van der Waals surface area (Å²) in [6.07, 6.45) is 8.06. The fraction of sp³-hybridized carbons (Fsp3) is 0.688. The van der Waals surface area contributed by atoms with E-state index in [0.29, 0.717) is 6.10 Å². The number of nitrogens with zero attached hydrogens (tertiary/aromatic N) is 1. The highest BCUT2D eigenvalue weighted by molar-refractivity contribution is 5.29. The number of ether oxygens (including phenoxy) is 2. The van der Waals surface area contributed by atoms with Gasteiger partial charge in [-0.2, -0.15) is 0 Å². The molecule has 2 heterocycles. The molecule has 1 aliphatic heterocycles. The molecule has 1 aromatic rings. The van der Waals surface area contributed by atoms with Gasteiger partial charge in [0.15, 0.2) is 0 Å². The van der Waals surface area contributed by atoms with Crippen LogP contribution in [0.4, 0.5) is 0 Å².